The van der Waals surface area contributed by atoms with Gasteiger partial charge in [-0.1, -0.05) is 12.8 Å². The summed E-state index contributed by atoms with van der Waals surface area (Å²) in [6.45, 7) is 0. The molecule has 0 aromatic heterocycles. The fourth-order valence-electron chi connectivity index (χ4n) is 2.21. The van der Waals surface area contributed by atoms with Gasteiger partial charge in [-0.05, 0) is 19.3 Å². The molecule has 1 heterocycles. The molecule has 2 rings (SSSR count). The van der Waals surface area contributed by atoms with Gasteiger partial charge in [0.15, 0.2) is 0 Å². The summed E-state index contributed by atoms with van der Waals surface area (Å²) in [5, 5.41) is 0. The van der Waals surface area contributed by atoms with E-state index in [0.717, 1.165) is 12.3 Å². The molecule has 2 heteroatoms. The van der Waals surface area contributed by atoms with Crippen LogP contribution in [0, 0.1) is 0 Å². The predicted molar refractivity (Wildman–Crippen MR) is 44.2 cm³/mol. The van der Waals surface area contributed by atoms with Crippen molar-refractivity contribution in [3.63, 3.8) is 0 Å². The second kappa shape index (κ2) is 2.37. The summed E-state index contributed by atoms with van der Waals surface area (Å²) in [6, 6.07) is 0. The minimum Gasteiger partial charge on any atom is -0.323 e. The maximum atomic E-state index is 11.9. The van der Waals surface area contributed by atoms with Gasteiger partial charge in [0.2, 0.25) is 0 Å². The van der Waals surface area contributed by atoms with Gasteiger partial charge in [0.05, 0.1) is 7.14 Å². The highest BCUT2D eigenvalue weighted by Crippen LogP contribution is 2.62. The average molecular weight is 158 g/mol. The molecule has 1 nitrogen and oxygen atoms in total. The zero-order valence-corrected chi connectivity index (χ0v) is 7.28. The molecule has 0 radical (unpaired) electrons. The van der Waals surface area contributed by atoms with Crippen LogP contribution in [0.3, 0.4) is 0 Å². The molecular formula is C8H15OP. The van der Waals surface area contributed by atoms with Crippen LogP contribution >= 0.6 is 7.14 Å². The molecule has 10 heavy (non-hydrogen) atoms. The van der Waals surface area contributed by atoms with Crippen molar-refractivity contribution in [3.8, 4) is 0 Å². The van der Waals surface area contributed by atoms with E-state index in [1.165, 1.54) is 32.1 Å². The van der Waals surface area contributed by atoms with Gasteiger partial charge in [-0.2, -0.15) is 0 Å². The largest absolute Gasteiger partial charge is 0.323 e. The van der Waals surface area contributed by atoms with Crippen LogP contribution in [0.25, 0.3) is 0 Å². The molecule has 0 unspecified atom stereocenters. The Labute approximate surface area is 62.6 Å². The van der Waals surface area contributed by atoms with E-state index in [1.54, 1.807) is 0 Å². The number of hydrogen-bond donors (Lipinski definition) is 0. The summed E-state index contributed by atoms with van der Waals surface area (Å²) < 4.78 is 11.9. The molecule has 2 fully saturated rings. The van der Waals surface area contributed by atoms with Crippen molar-refractivity contribution in [2.75, 3.05) is 12.3 Å². The first-order valence-corrected chi connectivity index (χ1v) is 6.54. The zero-order chi connectivity index (χ0) is 7.03. The van der Waals surface area contributed by atoms with Crippen LogP contribution in [-0.2, 0) is 4.57 Å². The number of rotatable bonds is 1. The molecule has 1 aliphatic carbocycles. The Hall–Kier alpha value is 0.230. The molecule has 2 aliphatic rings. The first kappa shape index (κ1) is 6.91. The van der Waals surface area contributed by atoms with E-state index in [0.29, 0.717) is 5.66 Å². The van der Waals surface area contributed by atoms with Crippen LogP contribution in [-0.4, -0.2) is 18.0 Å². The molecule has 0 aromatic carbocycles. The first-order chi connectivity index (χ1) is 4.81. The summed E-state index contributed by atoms with van der Waals surface area (Å²) in [6.07, 6.45) is 8.64. The minimum atomic E-state index is -1.54. The van der Waals surface area contributed by atoms with Crippen molar-refractivity contribution < 1.29 is 4.57 Å². The molecule has 0 N–H and O–H groups in total. The lowest BCUT2D eigenvalue weighted by Gasteiger charge is -2.31. The van der Waals surface area contributed by atoms with Crippen molar-refractivity contribution in [1.29, 1.82) is 0 Å². The molecule has 0 amide bonds. The highest BCUT2D eigenvalue weighted by Gasteiger charge is 2.39. The Bertz CT molecular complexity index is 162. The summed E-state index contributed by atoms with van der Waals surface area (Å²) in [5.74, 6) is 0. The van der Waals surface area contributed by atoms with Crippen molar-refractivity contribution in [2.24, 2.45) is 0 Å². The standard InChI is InChI=1S/C8H15OP/c9-10(6-3-7-10)8-4-1-2-5-8/h8H,1-7H2. The predicted octanol–water partition coefficient (Wildman–Crippen LogP) is 2.70. The van der Waals surface area contributed by atoms with E-state index < -0.39 is 7.14 Å². The zero-order valence-electron chi connectivity index (χ0n) is 6.38. The lowest BCUT2D eigenvalue weighted by Crippen LogP contribution is -2.18. The van der Waals surface area contributed by atoms with E-state index >= 15 is 0 Å². The summed E-state index contributed by atoms with van der Waals surface area (Å²) >= 11 is 0. The lowest BCUT2D eigenvalue weighted by molar-refractivity contribution is 0.549. The van der Waals surface area contributed by atoms with Gasteiger partial charge < -0.3 is 4.57 Å². The molecule has 0 atom stereocenters. The molecule has 0 bridgehead atoms. The van der Waals surface area contributed by atoms with Crippen LogP contribution in [0.15, 0.2) is 0 Å². The van der Waals surface area contributed by atoms with Crippen molar-refractivity contribution in [1.82, 2.24) is 0 Å². The van der Waals surface area contributed by atoms with Gasteiger partial charge in [0, 0.05) is 18.0 Å². The van der Waals surface area contributed by atoms with Gasteiger partial charge >= 0.3 is 0 Å². The van der Waals surface area contributed by atoms with Gasteiger partial charge in [-0.25, -0.2) is 0 Å². The van der Waals surface area contributed by atoms with Crippen molar-refractivity contribution in [3.05, 3.63) is 0 Å². The Balaban J connectivity index is 2.03. The van der Waals surface area contributed by atoms with Gasteiger partial charge in [-0.15, -0.1) is 0 Å². The Morgan fingerprint density at radius 2 is 1.60 bits per heavy atom. The second-order valence-corrected chi connectivity index (χ2v) is 7.22. The Morgan fingerprint density at radius 3 is 2.00 bits per heavy atom. The SMILES string of the molecule is O=P1(C2CCCC2)CCC1. The van der Waals surface area contributed by atoms with Crippen molar-refractivity contribution in [2.45, 2.75) is 37.8 Å². The van der Waals surface area contributed by atoms with Crippen LogP contribution in [0.2, 0.25) is 0 Å². The van der Waals surface area contributed by atoms with Crippen molar-refractivity contribution >= 4 is 7.14 Å². The smallest absolute Gasteiger partial charge is 0.0907 e. The highest BCUT2D eigenvalue weighted by atomic mass is 31.2. The third kappa shape index (κ3) is 0.955. The van der Waals surface area contributed by atoms with E-state index in [9.17, 15) is 4.57 Å². The monoisotopic (exact) mass is 158 g/mol. The van der Waals surface area contributed by atoms with Crippen LogP contribution in [0.1, 0.15) is 32.1 Å². The van der Waals surface area contributed by atoms with Crippen LogP contribution in [0.5, 0.6) is 0 Å². The molecule has 0 aromatic rings. The third-order valence-electron chi connectivity index (χ3n) is 3.06. The van der Waals surface area contributed by atoms with E-state index in [4.69, 9.17) is 0 Å². The first-order valence-electron chi connectivity index (χ1n) is 4.39. The normalized spacial score (nSPS) is 32.0. The average Bonchev–Trinajstić information content (AvgIpc) is 2.33. The third-order valence-corrected chi connectivity index (χ3v) is 7.06. The molecule has 1 saturated heterocycles. The van der Waals surface area contributed by atoms with Gasteiger partial charge in [0.25, 0.3) is 0 Å². The summed E-state index contributed by atoms with van der Waals surface area (Å²) in [7, 11) is -1.54. The topological polar surface area (TPSA) is 17.1 Å². The highest BCUT2D eigenvalue weighted by molar-refractivity contribution is 7.66. The molecule has 0 spiro atoms. The minimum absolute atomic E-state index is 0.668. The van der Waals surface area contributed by atoms with E-state index in [1.807, 2.05) is 0 Å². The van der Waals surface area contributed by atoms with Crippen LogP contribution in [0.4, 0.5) is 0 Å². The number of hydrogen-bond acceptors (Lipinski definition) is 1. The molecule has 1 saturated carbocycles. The molecule has 1 aliphatic heterocycles. The molecule has 58 valence electrons. The summed E-state index contributed by atoms with van der Waals surface area (Å²) in [4.78, 5) is 0. The van der Waals surface area contributed by atoms with E-state index in [2.05, 4.69) is 0 Å². The second-order valence-electron chi connectivity index (χ2n) is 3.69. The van der Waals surface area contributed by atoms with E-state index in [-0.39, 0.29) is 0 Å². The van der Waals surface area contributed by atoms with Gasteiger partial charge in [0.1, 0.15) is 0 Å². The fourth-order valence-corrected chi connectivity index (χ4v) is 5.19. The fraction of sp³-hybridized carbons (Fsp3) is 1.00. The summed E-state index contributed by atoms with van der Waals surface area (Å²) in [5.41, 5.74) is 0.668. The molecular weight excluding hydrogens is 143 g/mol. The maximum absolute atomic E-state index is 11.9. The quantitative estimate of drug-likeness (QED) is 0.536. The Morgan fingerprint density at radius 1 is 1.00 bits per heavy atom. The Kier molecular flexibility index (Phi) is 1.64. The van der Waals surface area contributed by atoms with Crippen LogP contribution < -0.4 is 0 Å². The maximum Gasteiger partial charge on any atom is 0.0907 e. The lowest BCUT2D eigenvalue weighted by atomic mass is 10.4. The van der Waals surface area contributed by atoms with Gasteiger partial charge in [-0.3, -0.25) is 0 Å².